The van der Waals surface area contributed by atoms with Crippen molar-refractivity contribution in [3.05, 3.63) is 64.7 Å². The molecular weight excluding hydrogens is 300 g/mol. The van der Waals surface area contributed by atoms with Gasteiger partial charge in [-0.05, 0) is 36.6 Å². The van der Waals surface area contributed by atoms with Crippen LogP contribution in [0.2, 0.25) is 0 Å². The quantitative estimate of drug-likeness (QED) is 0.915. The number of carbonyl (C=O) groups is 2. The van der Waals surface area contributed by atoms with Crippen LogP contribution in [-0.4, -0.2) is 23.8 Å². The van der Waals surface area contributed by atoms with Crippen LogP contribution < -0.4 is 5.32 Å². The van der Waals surface area contributed by atoms with Crippen molar-refractivity contribution in [3.63, 3.8) is 0 Å². The number of para-hydroxylation sites is 1. The number of rotatable bonds is 5. The summed E-state index contributed by atoms with van der Waals surface area (Å²) in [6.07, 6.45) is 0.338. The zero-order valence-corrected chi connectivity index (χ0v) is 14.7. The highest BCUT2D eigenvalue weighted by Crippen LogP contribution is 2.18. The molecule has 2 amide bonds. The Balaban J connectivity index is 2.11. The Kier molecular flexibility index (Phi) is 5.74. The first-order valence-electron chi connectivity index (χ1n) is 8.02. The minimum absolute atomic E-state index is 0.00786. The average molecular weight is 324 g/mol. The number of carbonyl (C=O) groups excluding carboxylic acids is 2. The van der Waals surface area contributed by atoms with Crippen LogP contribution >= 0.6 is 0 Å². The Morgan fingerprint density at radius 1 is 1.04 bits per heavy atom. The molecule has 1 N–H and O–H groups in total. The van der Waals surface area contributed by atoms with Crippen molar-refractivity contribution in [1.82, 2.24) is 4.90 Å². The van der Waals surface area contributed by atoms with Crippen LogP contribution in [0, 0.1) is 13.8 Å². The highest BCUT2D eigenvalue weighted by Gasteiger charge is 2.11. The zero-order chi connectivity index (χ0) is 17.7. The van der Waals surface area contributed by atoms with Gasteiger partial charge in [0.05, 0.1) is 6.42 Å². The molecule has 0 saturated carbocycles. The van der Waals surface area contributed by atoms with Gasteiger partial charge in [0.25, 0.3) is 0 Å². The summed E-state index contributed by atoms with van der Waals surface area (Å²) in [4.78, 5) is 25.5. The van der Waals surface area contributed by atoms with E-state index in [0.717, 1.165) is 27.9 Å². The average Bonchev–Trinajstić information content (AvgIpc) is 2.52. The molecule has 0 spiro atoms. The van der Waals surface area contributed by atoms with Crippen LogP contribution in [0.25, 0.3) is 0 Å². The number of amides is 2. The number of anilines is 1. The Labute approximate surface area is 143 Å². The summed E-state index contributed by atoms with van der Waals surface area (Å²) in [6, 6.07) is 13.7. The van der Waals surface area contributed by atoms with Gasteiger partial charge in [0.1, 0.15) is 0 Å². The minimum atomic E-state index is -0.0540. The number of nitrogens with one attached hydrogen (secondary N) is 1. The molecule has 0 radical (unpaired) electrons. The Bertz CT molecular complexity index is 753. The molecule has 0 heterocycles. The van der Waals surface area contributed by atoms with Crippen LogP contribution in [0.15, 0.2) is 42.5 Å². The van der Waals surface area contributed by atoms with Gasteiger partial charge >= 0.3 is 0 Å². The summed E-state index contributed by atoms with van der Waals surface area (Å²) in [5.41, 5.74) is 4.96. The molecule has 0 aliphatic carbocycles. The lowest BCUT2D eigenvalue weighted by Gasteiger charge is -2.18. The van der Waals surface area contributed by atoms with E-state index in [1.54, 1.807) is 11.9 Å². The van der Waals surface area contributed by atoms with Crippen molar-refractivity contribution in [3.8, 4) is 0 Å². The lowest BCUT2D eigenvalue weighted by atomic mass is 10.0. The first-order valence-corrected chi connectivity index (χ1v) is 8.02. The van der Waals surface area contributed by atoms with Crippen molar-refractivity contribution in [2.75, 3.05) is 12.4 Å². The summed E-state index contributed by atoms with van der Waals surface area (Å²) in [5, 5.41) is 2.97. The van der Waals surface area contributed by atoms with Gasteiger partial charge in [0.2, 0.25) is 11.8 Å². The van der Waals surface area contributed by atoms with Gasteiger partial charge < -0.3 is 10.2 Å². The number of nitrogens with zero attached hydrogens (tertiary/aromatic N) is 1. The maximum absolute atomic E-state index is 12.4. The Morgan fingerprint density at radius 2 is 1.75 bits per heavy atom. The number of aryl methyl sites for hydroxylation is 2. The molecule has 0 fully saturated rings. The van der Waals surface area contributed by atoms with Crippen LogP contribution in [0.1, 0.15) is 29.2 Å². The van der Waals surface area contributed by atoms with E-state index in [1.807, 2.05) is 56.3 Å². The second-order valence-corrected chi connectivity index (χ2v) is 6.19. The molecule has 0 saturated heterocycles. The Hall–Kier alpha value is -2.62. The van der Waals surface area contributed by atoms with Crippen LogP contribution in [0.4, 0.5) is 5.69 Å². The smallest absolute Gasteiger partial charge is 0.228 e. The molecule has 0 bridgehead atoms. The molecule has 24 heavy (non-hydrogen) atoms. The fourth-order valence-electron chi connectivity index (χ4n) is 2.51. The maximum atomic E-state index is 12.4. The van der Waals surface area contributed by atoms with E-state index in [0.29, 0.717) is 13.0 Å². The SMILES string of the molecule is CC(=O)N(C)Cc1ccccc1NC(=O)Cc1cc(C)ccc1C. The molecule has 0 aliphatic heterocycles. The predicted octanol–water partition coefficient (Wildman–Crippen LogP) is 3.46. The zero-order valence-electron chi connectivity index (χ0n) is 14.7. The van der Waals surface area contributed by atoms with E-state index < -0.39 is 0 Å². The molecule has 0 aliphatic rings. The molecule has 4 heteroatoms. The fraction of sp³-hybridized carbons (Fsp3) is 0.300. The molecule has 0 aromatic heterocycles. The van der Waals surface area contributed by atoms with Crippen molar-refractivity contribution in [1.29, 1.82) is 0 Å². The lowest BCUT2D eigenvalue weighted by Crippen LogP contribution is -2.24. The third-order valence-electron chi connectivity index (χ3n) is 4.09. The number of benzene rings is 2. The molecular formula is C20H24N2O2. The van der Waals surface area contributed by atoms with E-state index >= 15 is 0 Å². The molecule has 4 nitrogen and oxygen atoms in total. The van der Waals surface area contributed by atoms with Gasteiger partial charge in [0, 0.05) is 26.2 Å². The molecule has 126 valence electrons. The highest BCUT2D eigenvalue weighted by molar-refractivity contribution is 5.93. The van der Waals surface area contributed by atoms with Crippen molar-refractivity contribution >= 4 is 17.5 Å². The van der Waals surface area contributed by atoms with Crippen LogP contribution in [0.5, 0.6) is 0 Å². The minimum Gasteiger partial charge on any atom is -0.342 e. The van der Waals surface area contributed by atoms with E-state index in [9.17, 15) is 9.59 Å². The third kappa shape index (κ3) is 4.69. The van der Waals surface area contributed by atoms with E-state index in [1.165, 1.54) is 6.92 Å². The molecule has 0 unspecified atom stereocenters. The number of hydrogen-bond donors (Lipinski definition) is 1. The summed E-state index contributed by atoms with van der Waals surface area (Å²) in [6.45, 7) is 6.03. The largest absolute Gasteiger partial charge is 0.342 e. The topological polar surface area (TPSA) is 49.4 Å². The molecule has 0 atom stereocenters. The molecule has 2 rings (SSSR count). The summed E-state index contributed by atoms with van der Waals surface area (Å²) < 4.78 is 0. The van der Waals surface area contributed by atoms with Crippen molar-refractivity contribution < 1.29 is 9.59 Å². The van der Waals surface area contributed by atoms with E-state index in [2.05, 4.69) is 5.32 Å². The summed E-state index contributed by atoms with van der Waals surface area (Å²) >= 11 is 0. The first kappa shape index (κ1) is 17.7. The second-order valence-electron chi connectivity index (χ2n) is 6.19. The Morgan fingerprint density at radius 3 is 2.46 bits per heavy atom. The van der Waals surface area contributed by atoms with Gasteiger partial charge in [-0.1, -0.05) is 42.0 Å². The van der Waals surface area contributed by atoms with Crippen molar-refractivity contribution in [2.24, 2.45) is 0 Å². The van der Waals surface area contributed by atoms with Gasteiger partial charge in [-0.15, -0.1) is 0 Å². The van der Waals surface area contributed by atoms with Crippen LogP contribution in [-0.2, 0) is 22.6 Å². The molecule has 2 aromatic rings. The van der Waals surface area contributed by atoms with Crippen molar-refractivity contribution in [2.45, 2.75) is 33.7 Å². The summed E-state index contributed by atoms with van der Waals surface area (Å²) in [5.74, 6) is -0.0619. The molecule has 2 aromatic carbocycles. The fourth-order valence-corrected chi connectivity index (χ4v) is 2.51. The monoisotopic (exact) mass is 324 g/mol. The first-order chi connectivity index (χ1) is 11.4. The highest BCUT2D eigenvalue weighted by atomic mass is 16.2. The van der Waals surface area contributed by atoms with Gasteiger partial charge in [-0.25, -0.2) is 0 Å². The van der Waals surface area contributed by atoms with Crippen LogP contribution in [0.3, 0.4) is 0 Å². The normalized spacial score (nSPS) is 10.3. The van der Waals surface area contributed by atoms with Gasteiger partial charge in [0.15, 0.2) is 0 Å². The van der Waals surface area contributed by atoms with E-state index in [4.69, 9.17) is 0 Å². The second kappa shape index (κ2) is 7.77. The third-order valence-corrected chi connectivity index (χ3v) is 4.09. The summed E-state index contributed by atoms with van der Waals surface area (Å²) in [7, 11) is 1.75. The predicted molar refractivity (Wildman–Crippen MR) is 96.8 cm³/mol. The standard InChI is InChI=1S/C20H24N2O2/c1-14-9-10-15(2)18(11-14)12-20(24)21-19-8-6-5-7-17(19)13-22(4)16(3)23/h5-11H,12-13H2,1-4H3,(H,21,24). The van der Waals surface area contributed by atoms with Gasteiger partial charge in [-0.2, -0.15) is 0 Å². The maximum Gasteiger partial charge on any atom is 0.228 e. The lowest BCUT2D eigenvalue weighted by molar-refractivity contribution is -0.128. The van der Waals surface area contributed by atoms with E-state index in [-0.39, 0.29) is 11.8 Å². The number of hydrogen-bond acceptors (Lipinski definition) is 2. The van der Waals surface area contributed by atoms with Gasteiger partial charge in [-0.3, -0.25) is 9.59 Å².